The lowest BCUT2D eigenvalue weighted by Crippen LogP contribution is -2.34. The lowest BCUT2D eigenvalue weighted by molar-refractivity contribution is 0.341. The maximum absolute atomic E-state index is 6.10. The molecule has 1 fully saturated rings. The van der Waals surface area contributed by atoms with Crippen LogP contribution in [0.15, 0.2) is 24.3 Å². The van der Waals surface area contributed by atoms with Gasteiger partial charge in [-0.1, -0.05) is 19.3 Å². The molecule has 24 heavy (non-hydrogen) atoms. The van der Waals surface area contributed by atoms with Gasteiger partial charge < -0.3 is 11.5 Å². The van der Waals surface area contributed by atoms with Gasteiger partial charge in [-0.05, 0) is 98.2 Å². The summed E-state index contributed by atoms with van der Waals surface area (Å²) in [6, 6.07) is 8.56. The summed E-state index contributed by atoms with van der Waals surface area (Å²) in [4.78, 5) is 0. The van der Waals surface area contributed by atoms with Crippen LogP contribution in [-0.2, 0) is 5.41 Å². The highest BCUT2D eigenvalue weighted by Gasteiger charge is 2.39. The molecule has 0 radical (unpaired) electrons. The second-order valence-electron chi connectivity index (χ2n) is 7.70. The minimum absolute atomic E-state index is 0.0992. The first-order valence-electron chi connectivity index (χ1n) is 9.09. The lowest BCUT2D eigenvalue weighted by atomic mass is 9.61. The van der Waals surface area contributed by atoms with Crippen molar-refractivity contribution in [3.63, 3.8) is 0 Å². The van der Waals surface area contributed by atoms with E-state index in [9.17, 15) is 0 Å². The number of rotatable bonds is 2. The van der Waals surface area contributed by atoms with Gasteiger partial charge in [-0.2, -0.15) is 0 Å². The van der Waals surface area contributed by atoms with Gasteiger partial charge in [0.2, 0.25) is 0 Å². The molecule has 2 aromatic carbocycles. The van der Waals surface area contributed by atoms with Gasteiger partial charge >= 0.3 is 0 Å². The molecule has 1 aliphatic carbocycles. The molecule has 0 atom stereocenters. The van der Waals surface area contributed by atoms with E-state index in [0.717, 1.165) is 11.4 Å². The smallest absolute Gasteiger partial charge is 0.0319 e. The quantitative estimate of drug-likeness (QED) is 0.734. The van der Waals surface area contributed by atoms with E-state index in [2.05, 4.69) is 52.0 Å². The summed E-state index contributed by atoms with van der Waals surface area (Å²) in [6.45, 7) is 8.88. The molecule has 4 N–H and O–H groups in total. The number of nitrogens with two attached hydrogens (primary N) is 2. The number of hydrogen-bond acceptors (Lipinski definition) is 2. The second-order valence-corrected chi connectivity index (χ2v) is 7.70. The minimum atomic E-state index is 0.0992. The maximum atomic E-state index is 6.10. The van der Waals surface area contributed by atoms with Crippen molar-refractivity contribution in [2.24, 2.45) is 0 Å². The van der Waals surface area contributed by atoms with Gasteiger partial charge in [0.25, 0.3) is 0 Å². The zero-order valence-electron chi connectivity index (χ0n) is 15.5. The summed E-state index contributed by atoms with van der Waals surface area (Å²) in [5, 5.41) is 0. The first-order valence-corrected chi connectivity index (χ1v) is 9.09. The molecule has 128 valence electrons. The third-order valence-electron chi connectivity index (χ3n) is 5.77. The molecule has 0 unspecified atom stereocenters. The van der Waals surface area contributed by atoms with Crippen molar-refractivity contribution >= 4 is 11.4 Å². The molecule has 0 amide bonds. The van der Waals surface area contributed by atoms with Crippen LogP contribution in [0, 0.1) is 27.7 Å². The molecular formula is C22H30N2. The lowest BCUT2D eigenvalue weighted by Gasteiger charge is -2.42. The van der Waals surface area contributed by atoms with Gasteiger partial charge in [0, 0.05) is 16.8 Å². The Labute approximate surface area is 146 Å². The van der Waals surface area contributed by atoms with Gasteiger partial charge in [-0.15, -0.1) is 0 Å². The van der Waals surface area contributed by atoms with Gasteiger partial charge in [0.05, 0.1) is 0 Å². The van der Waals surface area contributed by atoms with E-state index in [1.807, 2.05) is 0 Å². The third kappa shape index (κ3) is 2.68. The molecule has 2 heteroatoms. The van der Waals surface area contributed by atoms with E-state index in [-0.39, 0.29) is 5.41 Å². The van der Waals surface area contributed by atoms with Crippen molar-refractivity contribution in [1.29, 1.82) is 0 Å². The number of aryl methyl sites for hydroxylation is 4. The standard InChI is InChI=1S/C22H30N2/c1-14-10-18(23)11-15(2)20(14)22(8-6-5-7-9-22)21-16(3)12-19(24)13-17(21)4/h10-13H,5-9,23-24H2,1-4H3. The molecule has 1 aliphatic rings. The SMILES string of the molecule is Cc1cc(N)cc(C)c1C1(c2c(C)cc(N)cc2C)CCCCC1. The summed E-state index contributed by atoms with van der Waals surface area (Å²) in [5.41, 5.74) is 22.3. The fourth-order valence-electron chi connectivity index (χ4n) is 5.28. The zero-order valence-corrected chi connectivity index (χ0v) is 15.5. The second kappa shape index (κ2) is 6.16. The van der Waals surface area contributed by atoms with Crippen molar-refractivity contribution in [3.05, 3.63) is 57.6 Å². The molecule has 0 saturated heterocycles. The van der Waals surface area contributed by atoms with Gasteiger partial charge in [0.1, 0.15) is 0 Å². The minimum Gasteiger partial charge on any atom is -0.399 e. The van der Waals surface area contributed by atoms with E-state index in [1.54, 1.807) is 0 Å². The highest BCUT2D eigenvalue weighted by Crippen LogP contribution is 2.49. The van der Waals surface area contributed by atoms with E-state index < -0.39 is 0 Å². The van der Waals surface area contributed by atoms with Crippen LogP contribution in [0.4, 0.5) is 11.4 Å². The molecule has 0 spiro atoms. The van der Waals surface area contributed by atoms with Gasteiger partial charge in [0.15, 0.2) is 0 Å². The predicted molar refractivity (Wildman–Crippen MR) is 105 cm³/mol. The first kappa shape index (κ1) is 16.9. The average molecular weight is 322 g/mol. The van der Waals surface area contributed by atoms with Gasteiger partial charge in [-0.3, -0.25) is 0 Å². The van der Waals surface area contributed by atoms with Crippen molar-refractivity contribution in [2.75, 3.05) is 11.5 Å². The Morgan fingerprint density at radius 1 is 0.625 bits per heavy atom. The summed E-state index contributed by atoms with van der Waals surface area (Å²) < 4.78 is 0. The summed E-state index contributed by atoms with van der Waals surface area (Å²) in [7, 11) is 0. The Kier molecular flexibility index (Phi) is 4.33. The fourth-order valence-corrected chi connectivity index (χ4v) is 5.28. The summed E-state index contributed by atoms with van der Waals surface area (Å²) in [6.07, 6.45) is 6.33. The Morgan fingerprint density at radius 2 is 0.958 bits per heavy atom. The van der Waals surface area contributed by atoms with Crippen molar-refractivity contribution in [2.45, 2.75) is 65.2 Å². The molecule has 0 aliphatic heterocycles. The number of benzene rings is 2. The van der Waals surface area contributed by atoms with Crippen molar-refractivity contribution in [1.82, 2.24) is 0 Å². The van der Waals surface area contributed by atoms with E-state index >= 15 is 0 Å². The summed E-state index contributed by atoms with van der Waals surface area (Å²) in [5.74, 6) is 0. The van der Waals surface area contributed by atoms with E-state index in [1.165, 1.54) is 65.5 Å². The monoisotopic (exact) mass is 322 g/mol. The van der Waals surface area contributed by atoms with Crippen LogP contribution < -0.4 is 11.5 Å². The highest BCUT2D eigenvalue weighted by atomic mass is 14.6. The van der Waals surface area contributed by atoms with Crippen LogP contribution >= 0.6 is 0 Å². The highest BCUT2D eigenvalue weighted by molar-refractivity contribution is 5.59. The maximum Gasteiger partial charge on any atom is 0.0319 e. The van der Waals surface area contributed by atoms with Crippen LogP contribution in [0.25, 0.3) is 0 Å². The third-order valence-corrected chi connectivity index (χ3v) is 5.77. The molecule has 0 bridgehead atoms. The Morgan fingerprint density at radius 3 is 1.29 bits per heavy atom. The number of hydrogen-bond donors (Lipinski definition) is 2. The molecule has 2 nitrogen and oxygen atoms in total. The largest absolute Gasteiger partial charge is 0.399 e. The number of nitrogen functional groups attached to an aromatic ring is 2. The van der Waals surface area contributed by atoms with Crippen molar-refractivity contribution < 1.29 is 0 Å². The van der Waals surface area contributed by atoms with Crippen LogP contribution in [0.5, 0.6) is 0 Å². The predicted octanol–water partition coefficient (Wildman–Crippen LogP) is 5.33. The normalized spacial score (nSPS) is 17.0. The van der Waals surface area contributed by atoms with E-state index in [4.69, 9.17) is 11.5 Å². The van der Waals surface area contributed by atoms with Crippen LogP contribution in [0.3, 0.4) is 0 Å². The fraction of sp³-hybridized carbons (Fsp3) is 0.455. The first-order chi connectivity index (χ1) is 11.3. The van der Waals surface area contributed by atoms with Crippen LogP contribution in [-0.4, -0.2) is 0 Å². The molecule has 3 rings (SSSR count). The van der Waals surface area contributed by atoms with Crippen LogP contribution in [0.1, 0.15) is 65.5 Å². The van der Waals surface area contributed by atoms with E-state index in [0.29, 0.717) is 0 Å². The Bertz CT molecular complexity index is 662. The van der Waals surface area contributed by atoms with Crippen LogP contribution in [0.2, 0.25) is 0 Å². The summed E-state index contributed by atoms with van der Waals surface area (Å²) >= 11 is 0. The molecule has 0 heterocycles. The zero-order chi connectivity index (χ0) is 17.5. The van der Waals surface area contributed by atoms with Gasteiger partial charge in [-0.25, -0.2) is 0 Å². The Balaban J connectivity index is 2.32. The molecular weight excluding hydrogens is 292 g/mol. The van der Waals surface area contributed by atoms with Crippen molar-refractivity contribution in [3.8, 4) is 0 Å². The molecule has 1 saturated carbocycles. The molecule has 0 aromatic heterocycles. The Hall–Kier alpha value is -1.96. The molecule has 2 aromatic rings. The number of anilines is 2. The average Bonchev–Trinajstić information content (AvgIpc) is 2.45. The topological polar surface area (TPSA) is 52.0 Å².